The highest BCUT2D eigenvalue weighted by Gasteiger charge is 2.43. The molecule has 2 aliphatic carbocycles. The highest BCUT2D eigenvalue weighted by atomic mass is 16.5. The average Bonchev–Trinajstić information content (AvgIpc) is 2.43. The maximum absolute atomic E-state index is 11.6. The van der Waals surface area contributed by atoms with Crippen LogP contribution in [0.4, 0.5) is 0 Å². The summed E-state index contributed by atoms with van der Waals surface area (Å²) in [5.41, 5.74) is 2.02. The number of hydrogen-bond acceptors (Lipinski definition) is 3. The van der Waals surface area contributed by atoms with E-state index in [-0.39, 0.29) is 23.9 Å². The lowest BCUT2D eigenvalue weighted by Crippen LogP contribution is -2.39. The molecule has 0 saturated heterocycles. The van der Waals surface area contributed by atoms with Crippen molar-refractivity contribution < 1.29 is 14.6 Å². The van der Waals surface area contributed by atoms with Gasteiger partial charge in [0.05, 0.1) is 13.7 Å². The van der Waals surface area contributed by atoms with Gasteiger partial charge in [0.25, 0.3) is 0 Å². The molecule has 0 bridgehead atoms. The van der Waals surface area contributed by atoms with E-state index in [2.05, 4.69) is 19.6 Å². The average molecular weight is 264 g/mol. The van der Waals surface area contributed by atoms with Crippen molar-refractivity contribution in [2.24, 2.45) is 17.3 Å². The number of carbonyl (C=O) groups is 1. The molecular formula is C16H24O3. The molecule has 3 heteroatoms. The summed E-state index contributed by atoms with van der Waals surface area (Å²) in [5.74, 6) is 0.281. The van der Waals surface area contributed by atoms with E-state index < -0.39 is 0 Å². The van der Waals surface area contributed by atoms with Gasteiger partial charge in [-0.15, -0.1) is 0 Å². The number of esters is 1. The van der Waals surface area contributed by atoms with E-state index in [0.29, 0.717) is 11.5 Å². The lowest BCUT2D eigenvalue weighted by atomic mass is 9.57. The molecule has 2 rings (SSSR count). The Kier molecular flexibility index (Phi) is 4.14. The summed E-state index contributed by atoms with van der Waals surface area (Å²) in [6.07, 6.45) is 7.42. The van der Waals surface area contributed by atoms with Crippen LogP contribution in [-0.4, -0.2) is 24.8 Å². The zero-order valence-electron chi connectivity index (χ0n) is 11.9. The van der Waals surface area contributed by atoms with Crippen molar-refractivity contribution in [2.75, 3.05) is 13.7 Å². The van der Waals surface area contributed by atoms with Gasteiger partial charge < -0.3 is 9.84 Å². The summed E-state index contributed by atoms with van der Waals surface area (Å²) in [6.45, 7) is 6.36. The SMILES string of the molecule is C=C(C(=O)OC)[C@@H]1CC[C@@]2(C)CCC=C(CO)[C@@H]2C1. The first-order valence-electron chi connectivity index (χ1n) is 7.08. The Bertz CT molecular complexity index is 410. The predicted molar refractivity (Wildman–Crippen MR) is 74.5 cm³/mol. The Morgan fingerprint density at radius 1 is 1.58 bits per heavy atom. The van der Waals surface area contributed by atoms with Crippen molar-refractivity contribution in [3.8, 4) is 0 Å². The van der Waals surface area contributed by atoms with E-state index in [1.807, 2.05) is 0 Å². The first-order valence-corrected chi connectivity index (χ1v) is 7.08. The quantitative estimate of drug-likeness (QED) is 0.484. The number of allylic oxidation sites excluding steroid dienone is 1. The number of aliphatic hydroxyl groups excluding tert-OH is 1. The minimum absolute atomic E-state index is 0.137. The molecule has 1 N–H and O–H groups in total. The summed E-state index contributed by atoms with van der Waals surface area (Å²) in [6, 6.07) is 0. The van der Waals surface area contributed by atoms with E-state index in [0.717, 1.165) is 31.3 Å². The van der Waals surface area contributed by atoms with Crippen LogP contribution in [0, 0.1) is 17.3 Å². The Morgan fingerprint density at radius 2 is 2.32 bits per heavy atom. The third kappa shape index (κ3) is 2.62. The van der Waals surface area contributed by atoms with Crippen molar-refractivity contribution in [3.05, 3.63) is 23.8 Å². The molecule has 3 atom stereocenters. The minimum atomic E-state index is -0.293. The molecule has 1 fully saturated rings. The molecule has 106 valence electrons. The van der Waals surface area contributed by atoms with Gasteiger partial charge in [0, 0.05) is 5.57 Å². The van der Waals surface area contributed by atoms with E-state index in [1.165, 1.54) is 13.5 Å². The molecular weight excluding hydrogens is 240 g/mol. The Labute approximate surface area is 115 Å². The predicted octanol–water partition coefficient (Wildman–Crippen LogP) is 2.85. The van der Waals surface area contributed by atoms with Crippen LogP contribution in [0.5, 0.6) is 0 Å². The van der Waals surface area contributed by atoms with Crippen LogP contribution in [0.15, 0.2) is 23.8 Å². The van der Waals surface area contributed by atoms with Gasteiger partial charge in [0.2, 0.25) is 0 Å². The van der Waals surface area contributed by atoms with Crippen molar-refractivity contribution in [3.63, 3.8) is 0 Å². The molecule has 19 heavy (non-hydrogen) atoms. The van der Waals surface area contributed by atoms with Crippen LogP contribution in [0.3, 0.4) is 0 Å². The molecule has 0 aromatic rings. The third-order valence-corrected chi connectivity index (χ3v) is 5.12. The molecule has 0 radical (unpaired) electrons. The fourth-order valence-electron chi connectivity index (χ4n) is 3.78. The Morgan fingerprint density at radius 3 is 2.95 bits per heavy atom. The number of ether oxygens (including phenoxy) is 1. The van der Waals surface area contributed by atoms with Gasteiger partial charge in [-0.3, -0.25) is 0 Å². The topological polar surface area (TPSA) is 46.5 Å². The van der Waals surface area contributed by atoms with Crippen LogP contribution in [0.1, 0.15) is 39.0 Å². The number of methoxy groups -OCH3 is 1. The Hall–Kier alpha value is -1.09. The summed E-state index contributed by atoms with van der Waals surface area (Å²) < 4.78 is 4.78. The van der Waals surface area contributed by atoms with Crippen molar-refractivity contribution in [2.45, 2.75) is 39.0 Å². The van der Waals surface area contributed by atoms with Gasteiger partial charge in [-0.05, 0) is 54.9 Å². The van der Waals surface area contributed by atoms with Gasteiger partial charge >= 0.3 is 5.97 Å². The van der Waals surface area contributed by atoms with Crippen LogP contribution in [-0.2, 0) is 9.53 Å². The van der Waals surface area contributed by atoms with Crippen molar-refractivity contribution in [1.82, 2.24) is 0 Å². The molecule has 0 unspecified atom stereocenters. The lowest BCUT2D eigenvalue weighted by Gasteiger charge is -2.48. The molecule has 0 aromatic heterocycles. The molecule has 2 aliphatic rings. The van der Waals surface area contributed by atoms with Gasteiger partial charge in [-0.1, -0.05) is 19.6 Å². The van der Waals surface area contributed by atoms with Gasteiger partial charge in [0.1, 0.15) is 0 Å². The maximum Gasteiger partial charge on any atom is 0.333 e. The van der Waals surface area contributed by atoms with Crippen LogP contribution in [0.2, 0.25) is 0 Å². The smallest absolute Gasteiger partial charge is 0.333 e. The van der Waals surface area contributed by atoms with Crippen LogP contribution >= 0.6 is 0 Å². The number of aliphatic hydroxyl groups is 1. The number of rotatable bonds is 3. The van der Waals surface area contributed by atoms with Crippen molar-refractivity contribution >= 4 is 5.97 Å². The number of carbonyl (C=O) groups excluding carboxylic acids is 1. The molecule has 1 saturated carbocycles. The molecule has 0 heterocycles. The minimum Gasteiger partial charge on any atom is -0.466 e. The molecule has 0 spiro atoms. The molecule has 0 aliphatic heterocycles. The van der Waals surface area contributed by atoms with E-state index in [4.69, 9.17) is 4.74 Å². The standard InChI is InChI=1S/C16H24O3/c1-11(15(18)19-3)12-6-8-16(2)7-4-5-13(10-17)14(16)9-12/h5,12,14,17H,1,4,6-10H2,2-3H3/t12-,14+,16-/m1/s1. The molecule has 3 nitrogen and oxygen atoms in total. The lowest BCUT2D eigenvalue weighted by molar-refractivity contribution is -0.137. The highest BCUT2D eigenvalue weighted by molar-refractivity contribution is 5.88. The zero-order chi connectivity index (χ0) is 14.0. The maximum atomic E-state index is 11.6. The van der Waals surface area contributed by atoms with Crippen LogP contribution in [0.25, 0.3) is 0 Å². The van der Waals surface area contributed by atoms with Crippen LogP contribution < -0.4 is 0 Å². The normalized spacial score (nSPS) is 34.2. The zero-order valence-corrected chi connectivity index (χ0v) is 11.9. The van der Waals surface area contributed by atoms with Gasteiger partial charge in [-0.25, -0.2) is 4.79 Å². The first kappa shape index (κ1) is 14.3. The van der Waals surface area contributed by atoms with Gasteiger partial charge in [-0.2, -0.15) is 0 Å². The molecule has 0 aromatic carbocycles. The van der Waals surface area contributed by atoms with E-state index in [9.17, 15) is 9.90 Å². The Balaban J connectivity index is 2.16. The summed E-state index contributed by atoms with van der Waals surface area (Å²) in [5, 5.41) is 9.54. The van der Waals surface area contributed by atoms with E-state index in [1.54, 1.807) is 0 Å². The van der Waals surface area contributed by atoms with E-state index >= 15 is 0 Å². The first-order chi connectivity index (χ1) is 9.01. The second-order valence-electron chi connectivity index (χ2n) is 6.17. The highest BCUT2D eigenvalue weighted by Crippen LogP contribution is 2.53. The number of hydrogen-bond donors (Lipinski definition) is 1. The fraction of sp³-hybridized carbons (Fsp3) is 0.688. The van der Waals surface area contributed by atoms with Crippen molar-refractivity contribution in [1.29, 1.82) is 0 Å². The largest absolute Gasteiger partial charge is 0.466 e. The second kappa shape index (κ2) is 5.49. The molecule has 0 amide bonds. The fourth-order valence-corrected chi connectivity index (χ4v) is 3.78. The summed E-state index contributed by atoms with van der Waals surface area (Å²) in [7, 11) is 1.40. The second-order valence-corrected chi connectivity index (χ2v) is 6.17. The monoisotopic (exact) mass is 264 g/mol. The third-order valence-electron chi connectivity index (χ3n) is 5.12. The number of fused-ring (bicyclic) bond motifs is 1. The summed E-state index contributed by atoms with van der Waals surface area (Å²) >= 11 is 0. The van der Waals surface area contributed by atoms with Gasteiger partial charge in [0.15, 0.2) is 0 Å². The summed E-state index contributed by atoms with van der Waals surface area (Å²) in [4.78, 5) is 11.6.